The Kier molecular flexibility index (Phi) is 4.46. The van der Waals surface area contributed by atoms with Crippen LogP contribution in [0.5, 0.6) is 0 Å². The minimum absolute atomic E-state index is 0.0262. The monoisotopic (exact) mass is 315 g/mol. The first-order valence-corrected chi connectivity index (χ1v) is 7.10. The standard InChI is InChI=1S/C13H15BrClNO/c14-11-7-3-2-6-10(11)12(15)13(17)16-8-4-1-5-9-16/h2-3,6-7,12H,1,4-5,8-9H2. The molecule has 0 bridgehead atoms. The molecule has 1 amide bonds. The predicted octanol–water partition coefficient (Wildman–Crippen LogP) is 3.74. The van der Waals surface area contributed by atoms with Crippen molar-refractivity contribution in [1.82, 2.24) is 4.90 Å². The van der Waals surface area contributed by atoms with E-state index in [9.17, 15) is 4.79 Å². The molecule has 17 heavy (non-hydrogen) atoms. The molecule has 1 heterocycles. The van der Waals surface area contributed by atoms with Crippen molar-refractivity contribution in [2.24, 2.45) is 0 Å². The number of piperidine rings is 1. The molecule has 0 saturated carbocycles. The van der Waals surface area contributed by atoms with Crippen LogP contribution in [0.1, 0.15) is 30.2 Å². The van der Waals surface area contributed by atoms with Crippen molar-refractivity contribution in [3.63, 3.8) is 0 Å². The Morgan fingerprint density at radius 1 is 1.24 bits per heavy atom. The van der Waals surface area contributed by atoms with Gasteiger partial charge in [0.05, 0.1) is 0 Å². The number of rotatable bonds is 2. The van der Waals surface area contributed by atoms with E-state index in [1.165, 1.54) is 6.42 Å². The first kappa shape index (κ1) is 12.9. The maximum atomic E-state index is 12.2. The van der Waals surface area contributed by atoms with Gasteiger partial charge in [-0.25, -0.2) is 0 Å². The van der Waals surface area contributed by atoms with E-state index in [1.807, 2.05) is 29.2 Å². The molecule has 92 valence electrons. The number of nitrogens with zero attached hydrogens (tertiary/aromatic N) is 1. The first-order chi connectivity index (χ1) is 8.20. The summed E-state index contributed by atoms with van der Waals surface area (Å²) in [6, 6.07) is 7.62. The van der Waals surface area contributed by atoms with Crippen LogP contribution in [0.2, 0.25) is 0 Å². The molecule has 0 spiro atoms. The summed E-state index contributed by atoms with van der Waals surface area (Å²) in [6.07, 6.45) is 3.39. The minimum atomic E-state index is -0.580. The lowest BCUT2D eigenvalue weighted by molar-refractivity contribution is -0.131. The summed E-state index contributed by atoms with van der Waals surface area (Å²) in [5, 5.41) is -0.580. The average molecular weight is 317 g/mol. The van der Waals surface area contributed by atoms with Crippen molar-refractivity contribution in [2.45, 2.75) is 24.6 Å². The lowest BCUT2D eigenvalue weighted by Crippen LogP contribution is -2.37. The highest BCUT2D eigenvalue weighted by atomic mass is 79.9. The third-order valence-electron chi connectivity index (χ3n) is 3.06. The average Bonchev–Trinajstić information content (AvgIpc) is 2.39. The predicted molar refractivity (Wildman–Crippen MR) is 73.2 cm³/mol. The zero-order valence-corrected chi connectivity index (χ0v) is 11.9. The van der Waals surface area contributed by atoms with E-state index >= 15 is 0 Å². The van der Waals surface area contributed by atoms with E-state index in [0.29, 0.717) is 0 Å². The Morgan fingerprint density at radius 2 is 1.88 bits per heavy atom. The Hall–Kier alpha value is -0.540. The molecule has 2 nitrogen and oxygen atoms in total. The van der Waals surface area contributed by atoms with Crippen LogP contribution in [-0.4, -0.2) is 23.9 Å². The van der Waals surface area contributed by atoms with Crippen molar-refractivity contribution in [3.8, 4) is 0 Å². The number of carbonyl (C=O) groups is 1. The van der Waals surface area contributed by atoms with E-state index in [2.05, 4.69) is 15.9 Å². The third kappa shape index (κ3) is 3.02. The van der Waals surface area contributed by atoms with Gasteiger partial charge in [-0.3, -0.25) is 4.79 Å². The van der Waals surface area contributed by atoms with E-state index in [0.717, 1.165) is 36.0 Å². The molecule has 0 N–H and O–H groups in total. The molecule has 1 saturated heterocycles. The highest BCUT2D eigenvalue weighted by Crippen LogP contribution is 2.30. The number of hydrogen-bond donors (Lipinski definition) is 0. The summed E-state index contributed by atoms with van der Waals surface area (Å²) in [5.74, 6) is 0.0262. The second-order valence-electron chi connectivity index (χ2n) is 4.27. The molecule has 1 unspecified atom stereocenters. The molecule has 2 rings (SSSR count). The summed E-state index contributed by atoms with van der Waals surface area (Å²) < 4.78 is 0.894. The third-order valence-corrected chi connectivity index (χ3v) is 4.21. The molecule has 0 aromatic heterocycles. The fraction of sp³-hybridized carbons (Fsp3) is 0.462. The van der Waals surface area contributed by atoms with Gasteiger partial charge in [-0.15, -0.1) is 11.6 Å². The summed E-state index contributed by atoms with van der Waals surface area (Å²) in [6.45, 7) is 1.68. The molecule has 1 fully saturated rings. The molecule has 1 aromatic carbocycles. The minimum Gasteiger partial charge on any atom is -0.341 e. The van der Waals surface area contributed by atoms with Crippen molar-refractivity contribution < 1.29 is 4.79 Å². The van der Waals surface area contributed by atoms with Crippen LogP contribution in [0, 0.1) is 0 Å². The topological polar surface area (TPSA) is 20.3 Å². The van der Waals surface area contributed by atoms with Gasteiger partial charge in [0.15, 0.2) is 0 Å². The number of alkyl halides is 1. The van der Waals surface area contributed by atoms with Crippen LogP contribution in [0.15, 0.2) is 28.7 Å². The second-order valence-corrected chi connectivity index (χ2v) is 5.56. The smallest absolute Gasteiger partial charge is 0.245 e. The fourth-order valence-corrected chi connectivity index (χ4v) is 3.06. The Balaban J connectivity index is 2.11. The number of hydrogen-bond acceptors (Lipinski definition) is 1. The van der Waals surface area contributed by atoms with Crippen LogP contribution in [0.3, 0.4) is 0 Å². The van der Waals surface area contributed by atoms with Gasteiger partial charge >= 0.3 is 0 Å². The normalized spacial score (nSPS) is 17.9. The maximum absolute atomic E-state index is 12.2. The fourth-order valence-electron chi connectivity index (χ4n) is 2.09. The highest BCUT2D eigenvalue weighted by molar-refractivity contribution is 9.10. The van der Waals surface area contributed by atoms with Crippen LogP contribution < -0.4 is 0 Å². The maximum Gasteiger partial charge on any atom is 0.245 e. The SMILES string of the molecule is O=C(C(Cl)c1ccccc1Br)N1CCCCC1. The van der Waals surface area contributed by atoms with Crippen molar-refractivity contribution in [1.29, 1.82) is 0 Å². The van der Waals surface area contributed by atoms with Crippen LogP contribution in [0.4, 0.5) is 0 Å². The lowest BCUT2D eigenvalue weighted by atomic mass is 10.1. The van der Waals surface area contributed by atoms with Gasteiger partial charge in [0.25, 0.3) is 0 Å². The van der Waals surface area contributed by atoms with E-state index in [1.54, 1.807) is 0 Å². The number of carbonyl (C=O) groups excluding carboxylic acids is 1. The Labute approximate surface area is 115 Å². The molecular weight excluding hydrogens is 302 g/mol. The quantitative estimate of drug-likeness (QED) is 0.761. The number of benzene rings is 1. The molecule has 1 atom stereocenters. The van der Waals surface area contributed by atoms with Crippen LogP contribution in [0.25, 0.3) is 0 Å². The van der Waals surface area contributed by atoms with Gasteiger partial charge in [0.2, 0.25) is 5.91 Å². The number of halogens is 2. The first-order valence-electron chi connectivity index (χ1n) is 5.87. The van der Waals surface area contributed by atoms with E-state index in [-0.39, 0.29) is 5.91 Å². The largest absolute Gasteiger partial charge is 0.341 e. The molecule has 0 radical (unpaired) electrons. The molecule has 4 heteroatoms. The molecule has 1 aliphatic heterocycles. The van der Waals surface area contributed by atoms with Gasteiger partial charge in [-0.05, 0) is 30.9 Å². The van der Waals surface area contributed by atoms with Crippen molar-refractivity contribution in [3.05, 3.63) is 34.3 Å². The van der Waals surface area contributed by atoms with Crippen LogP contribution in [-0.2, 0) is 4.79 Å². The van der Waals surface area contributed by atoms with E-state index < -0.39 is 5.38 Å². The van der Waals surface area contributed by atoms with Gasteiger partial charge < -0.3 is 4.90 Å². The zero-order chi connectivity index (χ0) is 12.3. The van der Waals surface area contributed by atoms with Gasteiger partial charge in [0.1, 0.15) is 5.38 Å². The van der Waals surface area contributed by atoms with Crippen molar-refractivity contribution in [2.75, 3.05) is 13.1 Å². The van der Waals surface area contributed by atoms with Crippen LogP contribution >= 0.6 is 27.5 Å². The molecule has 0 aliphatic carbocycles. The highest BCUT2D eigenvalue weighted by Gasteiger charge is 2.26. The summed E-state index contributed by atoms with van der Waals surface area (Å²) >= 11 is 9.71. The second kappa shape index (κ2) is 5.87. The number of likely N-dealkylation sites (tertiary alicyclic amines) is 1. The Bertz CT molecular complexity index is 404. The van der Waals surface area contributed by atoms with Crippen molar-refractivity contribution >= 4 is 33.4 Å². The van der Waals surface area contributed by atoms with Gasteiger partial charge in [0, 0.05) is 17.6 Å². The van der Waals surface area contributed by atoms with Gasteiger partial charge in [-0.2, -0.15) is 0 Å². The molecule has 1 aromatic rings. The Morgan fingerprint density at radius 3 is 2.53 bits per heavy atom. The summed E-state index contributed by atoms with van der Waals surface area (Å²) in [4.78, 5) is 14.1. The zero-order valence-electron chi connectivity index (χ0n) is 9.53. The van der Waals surface area contributed by atoms with Gasteiger partial charge in [-0.1, -0.05) is 34.1 Å². The summed E-state index contributed by atoms with van der Waals surface area (Å²) in [5.41, 5.74) is 0.852. The molecule has 1 aliphatic rings. The summed E-state index contributed by atoms with van der Waals surface area (Å²) in [7, 11) is 0. The molecular formula is C13H15BrClNO. The lowest BCUT2D eigenvalue weighted by Gasteiger charge is -2.28. The number of amides is 1. The van der Waals surface area contributed by atoms with E-state index in [4.69, 9.17) is 11.6 Å².